The van der Waals surface area contributed by atoms with Crippen LogP contribution in [0.15, 0.2) is 59.4 Å². The van der Waals surface area contributed by atoms with Crippen LogP contribution in [0, 0.1) is 11.8 Å². The van der Waals surface area contributed by atoms with Crippen molar-refractivity contribution >= 4 is 28.1 Å². The highest BCUT2D eigenvalue weighted by molar-refractivity contribution is 7.09. The lowest BCUT2D eigenvalue weighted by atomic mass is 10.2. The molecule has 3 aromatic heterocycles. The Bertz CT molecular complexity index is 1160. The van der Waals surface area contributed by atoms with Crippen LogP contribution in [0.5, 0.6) is 5.88 Å². The lowest BCUT2D eigenvalue weighted by Gasteiger charge is -2.11. The monoisotopic (exact) mass is 400 g/mol. The number of pyridine rings is 1. The van der Waals surface area contributed by atoms with Crippen molar-refractivity contribution in [2.24, 2.45) is 0 Å². The van der Waals surface area contributed by atoms with E-state index in [-0.39, 0.29) is 0 Å². The molecule has 3 heterocycles. The van der Waals surface area contributed by atoms with E-state index in [0.717, 1.165) is 28.0 Å². The molecule has 0 amide bonds. The smallest absolute Gasteiger partial charge is 0.249 e. The molecule has 0 bridgehead atoms. The second-order valence-corrected chi connectivity index (χ2v) is 7.37. The fraction of sp³-hybridized carbons (Fsp3) is 0.174. The van der Waals surface area contributed by atoms with Gasteiger partial charge in [-0.15, -0.1) is 11.3 Å². The van der Waals surface area contributed by atoms with Crippen LogP contribution < -0.4 is 9.64 Å². The van der Waals surface area contributed by atoms with Gasteiger partial charge in [0.05, 0.1) is 6.61 Å². The van der Waals surface area contributed by atoms with Gasteiger partial charge < -0.3 is 9.64 Å². The summed E-state index contributed by atoms with van der Waals surface area (Å²) in [6.07, 6.45) is 2.48. The van der Waals surface area contributed by atoms with E-state index in [1.165, 1.54) is 0 Å². The van der Waals surface area contributed by atoms with E-state index in [4.69, 9.17) is 4.74 Å². The Morgan fingerprint density at radius 3 is 2.48 bits per heavy atom. The van der Waals surface area contributed by atoms with Gasteiger partial charge in [0.25, 0.3) is 0 Å². The number of hydrogen-bond donors (Lipinski definition) is 0. The molecule has 0 N–H and O–H groups in total. The van der Waals surface area contributed by atoms with Gasteiger partial charge >= 0.3 is 0 Å². The fourth-order valence-corrected chi connectivity index (χ4v) is 3.41. The first-order chi connectivity index (χ1) is 14.2. The molecular formula is C23H20N4OS. The molecule has 4 aromatic rings. The van der Waals surface area contributed by atoms with E-state index < -0.39 is 0 Å². The maximum Gasteiger partial charge on any atom is 0.249 e. The molecule has 0 fully saturated rings. The number of rotatable bonds is 5. The summed E-state index contributed by atoms with van der Waals surface area (Å²) in [5, 5.41) is 3.93. The molecule has 0 aliphatic carbocycles. The zero-order valence-corrected chi connectivity index (χ0v) is 17.1. The molecule has 0 spiro atoms. The molecule has 0 aliphatic rings. The lowest BCUT2D eigenvalue weighted by Crippen LogP contribution is -2.07. The predicted molar refractivity (Wildman–Crippen MR) is 118 cm³/mol. The molecule has 5 nitrogen and oxygen atoms in total. The molecule has 0 atom stereocenters. The first-order valence-corrected chi connectivity index (χ1v) is 10.2. The van der Waals surface area contributed by atoms with Crippen molar-refractivity contribution in [3.05, 3.63) is 76.4 Å². The van der Waals surface area contributed by atoms with Crippen LogP contribution in [0.3, 0.4) is 0 Å². The van der Waals surface area contributed by atoms with Crippen LogP contribution in [0.1, 0.15) is 17.0 Å². The Balaban J connectivity index is 1.57. The largest absolute Gasteiger partial charge is 0.475 e. The Hall–Kier alpha value is -3.43. The van der Waals surface area contributed by atoms with Crippen LogP contribution in [0.2, 0.25) is 0 Å². The van der Waals surface area contributed by atoms with Crippen LogP contribution >= 0.6 is 11.3 Å². The topological polar surface area (TPSA) is 51.1 Å². The van der Waals surface area contributed by atoms with Gasteiger partial charge in [-0.05, 0) is 42.3 Å². The normalized spacial score (nSPS) is 10.4. The van der Waals surface area contributed by atoms with Crippen LogP contribution in [-0.2, 0) is 6.42 Å². The Morgan fingerprint density at radius 1 is 0.966 bits per heavy atom. The quantitative estimate of drug-likeness (QED) is 0.471. The number of ether oxygens (including phenoxy) is 1. The molecule has 0 radical (unpaired) electrons. The zero-order chi connectivity index (χ0) is 20.1. The van der Waals surface area contributed by atoms with Crippen LogP contribution in [0.25, 0.3) is 11.0 Å². The molecule has 4 rings (SSSR count). The molecule has 29 heavy (non-hydrogen) atoms. The van der Waals surface area contributed by atoms with E-state index in [2.05, 4.69) is 31.7 Å². The molecule has 144 valence electrons. The highest BCUT2D eigenvalue weighted by atomic mass is 32.1. The van der Waals surface area contributed by atoms with Gasteiger partial charge in [0, 0.05) is 54.4 Å². The number of hydrogen-bond acceptors (Lipinski definition) is 6. The fourth-order valence-electron chi connectivity index (χ4n) is 2.74. The van der Waals surface area contributed by atoms with Gasteiger partial charge in [0.2, 0.25) is 5.88 Å². The van der Waals surface area contributed by atoms with Crippen molar-refractivity contribution in [3.63, 3.8) is 0 Å². The van der Waals surface area contributed by atoms with Crippen molar-refractivity contribution in [1.29, 1.82) is 0 Å². The predicted octanol–water partition coefficient (Wildman–Crippen LogP) is 4.17. The Kier molecular flexibility index (Phi) is 5.68. The average molecular weight is 401 g/mol. The number of aromatic nitrogens is 3. The zero-order valence-electron chi connectivity index (χ0n) is 16.3. The SMILES string of the molecule is CN(C)c1ccc(C#Cc2nc3cscc3nc2OCCc2ccccn2)cc1. The van der Waals surface area contributed by atoms with E-state index in [9.17, 15) is 0 Å². The summed E-state index contributed by atoms with van der Waals surface area (Å²) in [5.74, 6) is 6.77. The van der Waals surface area contributed by atoms with E-state index in [1.54, 1.807) is 17.5 Å². The molecule has 0 aliphatic heterocycles. The summed E-state index contributed by atoms with van der Waals surface area (Å²) in [6.45, 7) is 0.466. The van der Waals surface area contributed by atoms with Gasteiger partial charge in [0.15, 0.2) is 5.69 Å². The maximum atomic E-state index is 5.94. The summed E-state index contributed by atoms with van der Waals surface area (Å²) < 4.78 is 5.94. The van der Waals surface area contributed by atoms with E-state index in [1.807, 2.05) is 67.3 Å². The third kappa shape index (κ3) is 4.71. The van der Waals surface area contributed by atoms with Gasteiger partial charge in [-0.1, -0.05) is 12.0 Å². The van der Waals surface area contributed by atoms with E-state index in [0.29, 0.717) is 24.6 Å². The third-order valence-electron chi connectivity index (χ3n) is 4.31. The third-order valence-corrected chi connectivity index (χ3v) is 5.03. The lowest BCUT2D eigenvalue weighted by molar-refractivity contribution is 0.307. The Labute approximate surface area is 174 Å². The van der Waals surface area contributed by atoms with Crippen molar-refractivity contribution < 1.29 is 4.74 Å². The minimum atomic E-state index is 0.462. The molecular weight excluding hydrogens is 380 g/mol. The second kappa shape index (κ2) is 8.72. The van der Waals surface area contributed by atoms with Crippen molar-refractivity contribution in [3.8, 4) is 17.7 Å². The molecule has 0 unspecified atom stereocenters. The van der Waals surface area contributed by atoms with Gasteiger partial charge in [-0.25, -0.2) is 9.97 Å². The average Bonchev–Trinajstić information content (AvgIpc) is 3.20. The minimum Gasteiger partial charge on any atom is -0.475 e. The van der Waals surface area contributed by atoms with E-state index >= 15 is 0 Å². The number of fused-ring (bicyclic) bond motifs is 1. The summed E-state index contributed by atoms with van der Waals surface area (Å²) in [5.41, 5.74) is 5.23. The van der Waals surface area contributed by atoms with Crippen molar-refractivity contribution in [1.82, 2.24) is 15.0 Å². The Morgan fingerprint density at radius 2 is 1.76 bits per heavy atom. The number of nitrogens with zero attached hydrogens (tertiary/aromatic N) is 4. The summed E-state index contributed by atoms with van der Waals surface area (Å²) in [7, 11) is 4.03. The van der Waals surface area contributed by atoms with Gasteiger partial charge in [-0.2, -0.15) is 0 Å². The van der Waals surface area contributed by atoms with Crippen LogP contribution in [-0.4, -0.2) is 35.7 Å². The summed E-state index contributed by atoms with van der Waals surface area (Å²) >= 11 is 1.57. The number of thiophene rings is 1. The minimum absolute atomic E-state index is 0.462. The number of anilines is 1. The van der Waals surface area contributed by atoms with Crippen molar-refractivity contribution in [2.75, 3.05) is 25.6 Å². The number of benzene rings is 1. The van der Waals surface area contributed by atoms with Crippen LogP contribution in [0.4, 0.5) is 5.69 Å². The van der Waals surface area contributed by atoms with Gasteiger partial charge in [0.1, 0.15) is 11.0 Å². The summed E-state index contributed by atoms with van der Waals surface area (Å²) in [4.78, 5) is 15.6. The highest BCUT2D eigenvalue weighted by Gasteiger charge is 2.09. The second-order valence-electron chi connectivity index (χ2n) is 6.63. The summed E-state index contributed by atoms with van der Waals surface area (Å²) in [6, 6.07) is 13.9. The first kappa shape index (κ1) is 18.9. The van der Waals surface area contributed by atoms with Crippen molar-refractivity contribution in [2.45, 2.75) is 6.42 Å². The highest BCUT2D eigenvalue weighted by Crippen LogP contribution is 2.21. The maximum absolute atomic E-state index is 5.94. The standard InChI is InChI=1S/C23H20N4OS/c1-27(2)19-9-6-17(7-10-19)8-11-20-23(26-22-16-29-15-21(22)25-20)28-14-12-18-5-3-4-13-24-18/h3-7,9-10,13,15-16H,12,14H2,1-2H3. The molecule has 0 saturated carbocycles. The molecule has 6 heteroatoms. The van der Waals surface area contributed by atoms with Gasteiger partial charge in [-0.3, -0.25) is 4.98 Å². The molecule has 1 aromatic carbocycles. The molecule has 0 saturated heterocycles. The first-order valence-electron chi connectivity index (χ1n) is 9.25.